The largest absolute Gasteiger partial charge is 0.419 e. The highest BCUT2D eigenvalue weighted by atomic mass is 35.5. The van der Waals surface area contributed by atoms with Gasteiger partial charge in [-0.05, 0) is 63.9 Å². The van der Waals surface area contributed by atoms with E-state index in [4.69, 9.17) is 21.1 Å². The fourth-order valence-electron chi connectivity index (χ4n) is 4.00. The van der Waals surface area contributed by atoms with Crippen LogP contribution in [0.2, 0.25) is 5.02 Å². The SMILES string of the molecule is Cc1nn(-c2ccccc2)c(C)c1CCC(=O)N(Cc1nnc(-c2ccccc2Cl)o1)C(C)C. The van der Waals surface area contributed by atoms with Gasteiger partial charge >= 0.3 is 0 Å². The molecule has 0 saturated heterocycles. The van der Waals surface area contributed by atoms with E-state index in [1.54, 1.807) is 11.0 Å². The van der Waals surface area contributed by atoms with Crippen molar-refractivity contribution in [3.63, 3.8) is 0 Å². The van der Waals surface area contributed by atoms with Crippen molar-refractivity contribution >= 4 is 17.5 Å². The Morgan fingerprint density at radius 3 is 2.47 bits per heavy atom. The maximum absolute atomic E-state index is 13.2. The summed E-state index contributed by atoms with van der Waals surface area (Å²) in [7, 11) is 0. The van der Waals surface area contributed by atoms with E-state index in [0.717, 1.165) is 22.6 Å². The quantitative estimate of drug-likeness (QED) is 0.332. The van der Waals surface area contributed by atoms with Crippen LogP contribution in [0.25, 0.3) is 17.1 Å². The molecule has 8 heteroatoms. The van der Waals surface area contributed by atoms with E-state index in [1.807, 2.05) is 80.9 Å². The zero-order valence-electron chi connectivity index (χ0n) is 19.8. The number of carbonyl (C=O) groups is 1. The van der Waals surface area contributed by atoms with Crippen molar-refractivity contribution in [2.75, 3.05) is 0 Å². The third-order valence-electron chi connectivity index (χ3n) is 5.85. The normalized spacial score (nSPS) is 11.2. The van der Waals surface area contributed by atoms with E-state index < -0.39 is 0 Å². The van der Waals surface area contributed by atoms with Crippen LogP contribution in [-0.4, -0.2) is 36.8 Å². The monoisotopic (exact) mass is 477 g/mol. The zero-order chi connectivity index (χ0) is 24.2. The van der Waals surface area contributed by atoms with E-state index >= 15 is 0 Å². The van der Waals surface area contributed by atoms with Crippen LogP contribution < -0.4 is 0 Å². The summed E-state index contributed by atoms with van der Waals surface area (Å²) in [5.74, 6) is 0.747. The summed E-state index contributed by atoms with van der Waals surface area (Å²) in [6.07, 6.45) is 0.979. The number of carbonyl (C=O) groups excluding carboxylic acids is 1. The van der Waals surface area contributed by atoms with Crippen molar-refractivity contribution in [3.8, 4) is 17.1 Å². The van der Waals surface area contributed by atoms with Crippen molar-refractivity contribution in [1.82, 2.24) is 24.9 Å². The standard InChI is InChI=1S/C26H28ClN5O2/c1-17(2)31(16-24-28-29-26(34-24)22-12-8-9-13-23(22)27)25(33)15-14-21-18(3)30-32(19(21)4)20-10-6-5-7-11-20/h5-13,17H,14-16H2,1-4H3. The van der Waals surface area contributed by atoms with Crippen LogP contribution >= 0.6 is 11.6 Å². The first kappa shape index (κ1) is 23.7. The molecule has 4 aromatic rings. The van der Waals surface area contributed by atoms with Gasteiger partial charge in [-0.3, -0.25) is 4.79 Å². The van der Waals surface area contributed by atoms with Gasteiger partial charge in [-0.1, -0.05) is 41.9 Å². The number of hydrogen-bond donors (Lipinski definition) is 0. The second kappa shape index (κ2) is 10.2. The average Bonchev–Trinajstić information content (AvgIpc) is 3.40. The number of aromatic nitrogens is 4. The van der Waals surface area contributed by atoms with Crippen LogP contribution in [0, 0.1) is 13.8 Å². The molecule has 2 aromatic carbocycles. The highest BCUT2D eigenvalue weighted by Gasteiger charge is 2.22. The van der Waals surface area contributed by atoms with E-state index in [-0.39, 0.29) is 18.5 Å². The zero-order valence-corrected chi connectivity index (χ0v) is 20.6. The number of halogens is 1. The molecule has 2 heterocycles. The molecule has 0 aliphatic carbocycles. The van der Waals surface area contributed by atoms with Gasteiger partial charge in [0.05, 0.1) is 28.5 Å². The van der Waals surface area contributed by atoms with Crippen LogP contribution in [0.15, 0.2) is 59.0 Å². The van der Waals surface area contributed by atoms with E-state index in [9.17, 15) is 4.79 Å². The Morgan fingerprint density at radius 2 is 1.76 bits per heavy atom. The van der Waals surface area contributed by atoms with Gasteiger partial charge in [0.25, 0.3) is 0 Å². The number of hydrogen-bond acceptors (Lipinski definition) is 5. The fourth-order valence-corrected chi connectivity index (χ4v) is 4.21. The Bertz CT molecular complexity index is 1280. The molecule has 2 aromatic heterocycles. The van der Waals surface area contributed by atoms with Gasteiger partial charge in [-0.15, -0.1) is 10.2 Å². The summed E-state index contributed by atoms with van der Waals surface area (Å²) in [6.45, 7) is 8.23. The topological polar surface area (TPSA) is 77.1 Å². The molecule has 0 aliphatic rings. The summed E-state index contributed by atoms with van der Waals surface area (Å²) in [5.41, 5.74) is 4.77. The van der Waals surface area contributed by atoms with Crippen molar-refractivity contribution in [2.24, 2.45) is 0 Å². The van der Waals surface area contributed by atoms with Crippen LogP contribution in [0.3, 0.4) is 0 Å². The van der Waals surface area contributed by atoms with Gasteiger partial charge in [-0.25, -0.2) is 4.68 Å². The fraction of sp³-hybridized carbons (Fsp3) is 0.308. The molecule has 0 bridgehead atoms. The van der Waals surface area contributed by atoms with Gasteiger partial charge in [0.15, 0.2) is 0 Å². The lowest BCUT2D eigenvalue weighted by Crippen LogP contribution is -2.36. The lowest BCUT2D eigenvalue weighted by molar-refractivity contribution is -0.133. The molecular weight excluding hydrogens is 450 g/mol. The maximum Gasteiger partial charge on any atom is 0.249 e. The van der Waals surface area contributed by atoms with Gasteiger partial charge in [-0.2, -0.15) is 5.10 Å². The molecule has 0 unspecified atom stereocenters. The highest BCUT2D eigenvalue weighted by Crippen LogP contribution is 2.27. The molecule has 0 saturated carbocycles. The first-order valence-corrected chi connectivity index (χ1v) is 11.7. The van der Waals surface area contributed by atoms with Gasteiger partial charge in [0.1, 0.15) is 0 Å². The summed E-state index contributed by atoms with van der Waals surface area (Å²) < 4.78 is 7.76. The predicted molar refractivity (Wildman–Crippen MR) is 132 cm³/mol. The van der Waals surface area contributed by atoms with Crippen molar-refractivity contribution in [1.29, 1.82) is 0 Å². The van der Waals surface area contributed by atoms with Crippen LogP contribution in [-0.2, 0) is 17.8 Å². The number of benzene rings is 2. The van der Waals surface area contributed by atoms with Crippen LogP contribution in [0.1, 0.15) is 43.1 Å². The minimum Gasteiger partial charge on any atom is -0.419 e. The molecule has 0 radical (unpaired) electrons. The van der Waals surface area contributed by atoms with Gasteiger partial charge in [0, 0.05) is 18.2 Å². The molecule has 0 N–H and O–H groups in total. The molecule has 176 valence electrons. The summed E-state index contributed by atoms with van der Waals surface area (Å²) >= 11 is 6.24. The second-order valence-electron chi connectivity index (χ2n) is 8.49. The first-order valence-electron chi connectivity index (χ1n) is 11.3. The Hall–Kier alpha value is -3.45. The molecule has 1 amide bonds. The van der Waals surface area contributed by atoms with E-state index in [2.05, 4.69) is 10.2 Å². The maximum atomic E-state index is 13.2. The number of rotatable bonds is 8. The minimum atomic E-state index is -0.0163. The highest BCUT2D eigenvalue weighted by molar-refractivity contribution is 6.33. The molecule has 0 atom stereocenters. The first-order chi connectivity index (χ1) is 16.3. The average molecular weight is 478 g/mol. The number of amides is 1. The number of aryl methyl sites for hydroxylation is 1. The molecule has 0 aliphatic heterocycles. The Kier molecular flexibility index (Phi) is 7.12. The number of para-hydroxylation sites is 1. The summed E-state index contributed by atoms with van der Waals surface area (Å²) in [5, 5.41) is 13.5. The molecule has 7 nitrogen and oxygen atoms in total. The Labute approximate surface area is 204 Å². The molecule has 34 heavy (non-hydrogen) atoms. The summed E-state index contributed by atoms with van der Waals surface area (Å²) in [6, 6.07) is 17.3. The molecular formula is C26H28ClN5O2. The van der Waals surface area contributed by atoms with Crippen molar-refractivity contribution < 1.29 is 9.21 Å². The lowest BCUT2D eigenvalue weighted by Gasteiger charge is -2.25. The lowest BCUT2D eigenvalue weighted by atomic mass is 10.1. The smallest absolute Gasteiger partial charge is 0.249 e. The second-order valence-corrected chi connectivity index (χ2v) is 8.90. The van der Waals surface area contributed by atoms with Crippen molar-refractivity contribution in [2.45, 2.75) is 53.1 Å². The van der Waals surface area contributed by atoms with E-state index in [1.165, 1.54) is 0 Å². The Morgan fingerprint density at radius 1 is 1.06 bits per heavy atom. The summed E-state index contributed by atoms with van der Waals surface area (Å²) in [4.78, 5) is 14.9. The third kappa shape index (κ3) is 5.04. The predicted octanol–water partition coefficient (Wildman–Crippen LogP) is 5.56. The minimum absolute atomic E-state index is 0.0163. The molecule has 0 spiro atoms. The van der Waals surface area contributed by atoms with Crippen LogP contribution in [0.5, 0.6) is 0 Å². The van der Waals surface area contributed by atoms with Crippen LogP contribution in [0.4, 0.5) is 0 Å². The Balaban J connectivity index is 1.46. The van der Waals surface area contributed by atoms with Gasteiger partial charge < -0.3 is 9.32 Å². The molecule has 0 fully saturated rings. The molecule has 4 rings (SSSR count). The van der Waals surface area contributed by atoms with E-state index in [0.29, 0.717) is 35.2 Å². The van der Waals surface area contributed by atoms with Gasteiger partial charge in [0.2, 0.25) is 17.7 Å². The van der Waals surface area contributed by atoms with Crippen molar-refractivity contribution in [3.05, 3.63) is 82.5 Å². The third-order valence-corrected chi connectivity index (χ3v) is 6.18. The number of nitrogens with zero attached hydrogens (tertiary/aromatic N) is 5.